The molecule has 0 aliphatic heterocycles. The lowest BCUT2D eigenvalue weighted by Gasteiger charge is -2.34. The van der Waals surface area contributed by atoms with Gasteiger partial charge in [-0.3, -0.25) is 9.69 Å². The minimum Gasteiger partial charge on any atom is -0.368 e. The molecule has 4 nitrogen and oxygen atoms in total. The number of likely N-dealkylation sites (N-methyl/N-ethyl adjacent to an activating group) is 1. The number of nitrogens with two attached hydrogens (primary N) is 1. The minimum atomic E-state index is -0.603. The number of nitrogens with one attached hydrogen (secondary N) is 1. The summed E-state index contributed by atoms with van der Waals surface area (Å²) in [5, 5.41) is 3.24. The summed E-state index contributed by atoms with van der Waals surface area (Å²) in [6.07, 6.45) is 3.70. The summed E-state index contributed by atoms with van der Waals surface area (Å²) >= 11 is 0. The lowest BCUT2D eigenvalue weighted by Crippen LogP contribution is -2.60. The molecule has 0 saturated heterocycles. The average Bonchev–Trinajstić information content (AvgIpc) is 3.07. The molecule has 0 spiro atoms. The number of carbonyl (C=O) groups is 1. The number of amides is 1. The van der Waals surface area contributed by atoms with Gasteiger partial charge in [-0.25, -0.2) is 0 Å². The SMILES string of the molecule is CCNC(C)(CN(CCC(C)C)C1CC1)C(N)=O. The number of carbonyl (C=O) groups excluding carboxylic acids is 1. The fourth-order valence-corrected chi connectivity index (χ4v) is 2.27. The smallest absolute Gasteiger partial charge is 0.238 e. The third-order valence-corrected chi connectivity index (χ3v) is 3.69. The van der Waals surface area contributed by atoms with E-state index in [4.69, 9.17) is 5.73 Å². The molecular formula is C14H29N3O. The Labute approximate surface area is 111 Å². The Balaban J connectivity index is 2.59. The summed E-state index contributed by atoms with van der Waals surface area (Å²) in [5.41, 5.74) is 4.95. The molecule has 0 radical (unpaired) electrons. The molecule has 1 aliphatic carbocycles. The topological polar surface area (TPSA) is 58.4 Å². The molecule has 1 fully saturated rings. The first-order chi connectivity index (χ1) is 8.39. The predicted octanol–water partition coefficient (Wildman–Crippen LogP) is 1.35. The van der Waals surface area contributed by atoms with Crippen molar-refractivity contribution in [2.75, 3.05) is 19.6 Å². The van der Waals surface area contributed by atoms with Gasteiger partial charge in [-0.2, -0.15) is 0 Å². The van der Waals surface area contributed by atoms with Crippen molar-refractivity contribution < 1.29 is 4.79 Å². The highest BCUT2D eigenvalue weighted by Gasteiger charge is 2.37. The maximum Gasteiger partial charge on any atom is 0.238 e. The van der Waals surface area contributed by atoms with E-state index in [2.05, 4.69) is 24.1 Å². The van der Waals surface area contributed by atoms with Gasteiger partial charge in [-0.15, -0.1) is 0 Å². The quantitative estimate of drug-likeness (QED) is 0.654. The zero-order valence-electron chi connectivity index (χ0n) is 12.3. The van der Waals surface area contributed by atoms with Crippen molar-refractivity contribution in [2.45, 2.75) is 58.5 Å². The van der Waals surface area contributed by atoms with Crippen molar-refractivity contribution in [2.24, 2.45) is 11.7 Å². The van der Waals surface area contributed by atoms with Crippen LogP contribution in [-0.2, 0) is 4.79 Å². The molecule has 4 heteroatoms. The van der Waals surface area contributed by atoms with Crippen LogP contribution >= 0.6 is 0 Å². The summed E-state index contributed by atoms with van der Waals surface area (Å²) in [4.78, 5) is 14.1. The highest BCUT2D eigenvalue weighted by molar-refractivity contribution is 5.84. The number of hydrogen-bond donors (Lipinski definition) is 2. The largest absolute Gasteiger partial charge is 0.368 e. The van der Waals surface area contributed by atoms with Gasteiger partial charge in [-0.1, -0.05) is 20.8 Å². The third kappa shape index (κ3) is 4.58. The van der Waals surface area contributed by atoms with Crippen LogP contribution in [0, 0.1) is 5.92 Å². The van der Waals surface area contributed by atoms with Crippen LogP contribution in [0.2, 0.25) is 0 Å². The molecule has 1 amide bonds. The van der Waals surface area contributed by atoms with Gasteiger partial charge in [0, 0.05) is 12.6 Å². The molecule has 0 bridgehead atoms. The van der Waals surface area contributed by atoms with Crippen LogP contribution < -0.4 is 11.1 Å². The van der Waals surface area contributed by atoms with Crippen molar-refractivity contribution >= 4 is 5.91 Å². The molecule has 1 atom stereocenters. The second-order valence-corrected chi connectivity index (χ2v) is 6.11. The van der Waals surface area contributed by atoms with Crippen molar-refractivity contribution in [3.05, 3.63) is 0 Å². The van der Waals surface area contributed by atoms with Gasteiger partial charge in [0.05, 0.1) is 0 Å². The van der Waals surface area contributed by atoms with E-state index in [0.29, 0.717) is 12.0 Å². The second kappa shape index (κ2) is 6.53. The van der Waals surface area contributed by atoms with Gasteiger partial charge in [-0.05, 0) is 45.2 Å². The Morgan fingerprint density at radius 1 is 1.50 bits per heavy atom. The maximum atomic E-state index is 11.7. The fourth-order valence-electron chi connectivity index (χ4n) is 2.27. The van der Waals surface area contributed by atoms with Crippen LogP contribution in [0.15, 0.2) is 0 Å². The van der Waals surface area contributed by atoms with Crippen LogP contribution in [0.3, 0.4) is 0 Å². The van der Waals surface area contributed by atoms with E-state index in [9.17, 15) is 4.79 Å². The molecule has 0 aromatic heterocycles. The highest BCUT2D eigenvalue weighted by Crippen LogP contribution is 2.28. The van der Waals surface area contributed by atoms with Crippen molar-refractivity contribution in [1.82, 2.24) is 10.2 Å². The molecule has 0 aromatic carbocycles. The molecule has 0 heterocycles. The summed E-state index contributed by atoms with van der Waals surface area (Å²) in [5.74, 6) is 0.449. The number of hydrogen-bond acceptors (Lipinski definition) is 3. The molecule has 106 valence electrons. The first-order valence-corrected chi connectivity index (χ1v) is 7.18. The summed E-state index contributed by atoms with van der Waals surface area (Å²) in [6.45, 7) is 11.0. The zero-order chi connectivity index (χ0) is 13.8. The van der Waals surface area contributed by atoms with E-state index < -0.39 is 5.54 Å². The van der Waals surface area contributed by atoms with E-state index >= 15 is 0 Å². The number of primary amides is 1. The van der Waals surface area contributed by atoms with Crippen molar-refractivity contribution in [3.63, 3.8) is 0 Å². The van der Waals surface area contributed by atoms with E-state index in [1.165, 1.54) is 19.3 Å². The molecule has 1 saturated carbocycles. The molecule has 0 aromatic rings. The van der Waals surface area contributed by atoms with Crippen LogP contribution in [0.4, 0.5) is 0 Å². The summed E-state index contributed by atoms with van der Waals surface area (Å²) in [7, 11) is 0. The lowest BCUT2D eigenvalue weighted by atomic mass is 10.00. The van der Waals surface area contributed by atoms with E-state index in [1.807, 2.05) is 13.8 Å². The van der Waals surface area contributed by atoms with Crippen LogP contribution in [0.5, 0.6) is 0 Å². The van der Waals surface area contributed by atoms with Crippen LogP contribution in [0.25, 0.3) is 0 Å². The minimum absolute atomic E-state index is 0.250. The van der Waals surface area contributed by atoms with Crippen molar-refractivity contribution in [3.8, 4) is 0 Å². The molecule has 1 unspecified atom stereocenters. The first-order valence-electron chi connectivity index (χ1n) is 7.18. The molecule has 1 rings (SSSR count). The Morgan fingerprint density at radius 3 is 2.50 bits per heavy atom. The Kier molecular flexibility index (Phi) is 5.60. The Hall–Kier alpha value is -0.610. The second-order valence-electron chi connectivity index (χ2n) is 6.11. The first kappa shape index (κ1) is 15.4. The number of rotatable bonds is 9. The molecule has 1 aliphatic rings. The van der Waals surface area contributed by atoms with Gasteiger partial charge in [0.1, 0.15) is 5.54 Å². The number of nitrogens with zero attached hydrogens (tertiary/aromatic N) is 1. The van der Waals surface area contributed by atoms with E-state index in [1.54, 1.807) is 0 Å². The zero-order valence-corrected chi connectivity index (χ0v) is 12.3. The third-order valence-electron chi connectivity index (χ3n) is 3.69. The van der Waals surface area contributed by atoms with Crippen LogP contribution in [-0.4, -0.2) is 42.0 Å². The van der Waals surface area contributed by atoms with E-state index in [-0.39, 0.29) is 5.91 Å². The van der Waals surface area contributed by atoms with Crippen molar-refractivity contribution in [1.29, 1.82) is 0 Å². The molecule has 3 N–H and O–H groups in total. The average molecular weight is 255 g/mol. The monoisotopic (exact) mass is 255 g/mol. The van der Waals surface area contributed by atoms with Crippen LogP contribution in [0.1, 0.15) is 47.0 Å². The lowest BCUT2D eigenvalue weighted by molar-refractivity contribution is -0.124. The summed E-state index contributed by atoms with van der Waals surface area (Å²) in [6, 6.07) is 0.668. The van der Waals surface area contributed by atoms with Gasteiger partial charge in [0.15, 0.2) is 0 Å². The molecular weight excluding hydrogens is 226 g/mol. The highest BCUT2D eigenvalue weighted by atomic mass is 16.1. The maximum absolute atomic E-state index is 11.7. The Bertz CT molecular complexity index is 276. The summed E-state index contributed by atoms with van der Waals surface area (Å²) < 4.78 is 0. The standard InChI is InChI=1S/C14H29N3O/c1-5-16-14(4,13(15)18)10-17(12-6-7-12)9-8-11(2)3/h11-12,16H,5-10H2,1-4H3,(H2,15,18). The van der Waals surface area contributed by atoms with Gasteiger partial charge < -0.3 is 11.1 Å². The molecule has 18 heavy (non-hydrogen) atoms. The van der Waals surface area contributed by atoms with E-state index in [0.717, 1.165) is 19.6 Å². The van der Waals surface area contributed by atoms with Gasteiger partial charge in [0.25, 0.3) is 0 Å². The predicted molar refractivity (Wildman–Crippen MR) is 75.3 cm³/mol. The van der Waals surface area contributed by atoms with Gasteiger partial charge in [0.2, 0.25) is 5.91 Å². The van der Waals surface area contributed by atoms with Gasteiger partial charge >= 0.3 is 0 Å². The fraction of sp³-hybridized carbons (Fsp3) is 0.929. The Morgan fingerprint density at radius 2 is 2.11 bits per heavy atom. The normalized spacial score (nSPS) is 19.2.